The Kier molecular flexibility index (Phi) is 3.20. The monoisotopic (exact) mass is 175 g/mol. The Labute approximate surface area is 70.9 Å². The van der Waals surface area contributed by atoms with E-state index in [1.54, 1.807) is 7.05 Å². The molecule has 1 unspecified atom stereocenters. The highest BCUT2D eigenvalue weighted by atomic mass is 32.2. The van der Waals surface area contributed by atoms with Crippen molar-refractivity contribution in [3.8, 4) is 0 Å². The molecule has 0 amide bonds. The van der Waals surface area contributed by atoms with E-state index in [0.29, 0.717) is 5.92 Å². The second kappa shape index (κ2) is 3.97. The Balaban J connectivity index is 2.40. The van der Waals surface area contributed by atoms with Gasteiger partial charge in [0, 0.05) is 5.92 Å². The van der Waals surface area contributed by atoms with Gasteiger partial charge in [0.2, 0.25) is 0 Å². The zero-order valence-corrected chi connectivity index (χ0v) is 7.61. The molecule has 11 heavy (non-hydrogen) atoms. The molecular weight excluding hydrogens is 162 g/mol. The maximum Gasteiger partial charge on any atom is 0.323 e. The molecule has 0 bridgehead atoms. The van der Waals surface area contributed by atoms with Gasteiger partial charge in [-0.05, 0) is 18.6 Å². The van der Waals surface area contributed by atoms with Crippen LogP contribution in [0.15, 0.2) is 0 Å². The van der Waals surface area contributed by atoms with Crippen LogP contribution in [0.25, 0.3) is 0 Å². The first-order chi connectivity index (χ1) is 5.29. The second-order valence-electron chi connectivity index (χ2n) is 2.59. The lowest BCUT2D eigenvalue weighted by Crippen LogP contribution is -2.46. The molecule has 0 aromatic heterocycles. The Hall–Kier alpha value is -0.220. The number of esters is 1. The van der Waals surface area contributed by atoms with Crippen LogP contribution in [-0.2, 0) is 9.53 Å². The van der Waals surface area contributed by atoms with Crippen molar-refractivity contribution in [3.05, 3.63) is 0 Å². The van der Waals surface area contributed by atoms with E-state index in [2.05, 4.69) is 10.1 Å². The largest absolute Gasteiger partial charge is 0.468 e. The van der Waals surface area contributed by atoms with Crippen molar-refractivity contribution in [3.63, 3.8) is 0 Å². The number of likely N-dealkylation sites (N-methyl/N-ethyl adjacent to an activating group) is 1. The summed E-state index contributed by atoms with van der Waals surface area (Å²) in [4.78, 5) is 11.1. The third-order valence-electron chi connectivity index (χ3n) is 1.90. The zero-order valence-electron chi connectivity index (χ0n) is 6.79. The van der Waals surface area contributed by atoms with Crippen molar-refractivity contribution in [2.75, 3.05) is 25.7 Å². The van der Waals surface area contributed by atoms with Gasteiger partial charge in [-0.25, -0.2) is 0 Å². The summed E-state index contributed by atoms with van der Waals surface area (Å²) in [5, 5.41) is 2.97. The molecule has 1 atom stereocenters. The molecule has 0 aromatic carbocycles. The van der Waals surface area contributed by atoms with Crippen molar-refractivity contribution < 1.29 is 9.53 Å². The summed E-state index contributed by atoms with van der Waals surface area (Å²) in [6.45, 7) is 0. The molecule has 1 fully saturated rings. The molecule has 1 N–H and O–H groups in total. The highest BCUT2D eigenvalue weighted by Gasteiger charge is 2.32. The van der Waals surface area contributed by atoms with E-state index in [-0.39, 0.29) is 12.0 Å². The molecule has 4 heteroatoms. The molecule has 0 aliphatic carbocycles. The minimum atomic E-state index is -0.141. The average Bonchev–Trinajstić information content (AvgIpc) is 1.94. The molecule has 1 rings (SSSR count). The SMILES string of the molecule is CNC(C(=O)OC)C1CSC1. The third-order valence-corrected chi connectivity index (χ3v) is 3.23. The first kappa shape index (κ1) is 8.87. The van der Waals surface area contributed by atoms with Gasteiger partial charge < -0.3 is 10.1 Å². The topological polar surface area (TPSA) is 38.3 Å². The number of thioether (sulfide) groups is 1. The smallest absolute Gasteiger partial charge is 0.323 e. The van der Waals surface area contributed by atoms with Crippen LogP contribution in [0.3, 0.4) is 0 Å². The number of carbonyl (C=O) groups excluding carboxylic acids is 1. The van der Waals surface area contributed by atoms with Crippen LogP contribution in [0.2, 0.25) is 0 Å². The lowest BCUT2D eigenvalue weighted by atomic mass is 10.0. The summed E-state index contributed by atoms with van der Waals surface area (Å²) >= 11 is 1.87. The predicted octanol–water partition coefficient (Wildman–Crippen LogP) is 0.110. The number of rotatable bonds is 3. The van der Waals surface area contributed by atoms with Gasteiger partial charge in [-0.3, -0.25) is 4.79 Å². The molecule has 1 heterocycles. The fourth-order valence-electron chi connectivity index (χ4n) is 1.12. The molecule has 64 valence electrons. The summed E-state index contributed by atoms with van der Waals surface area (Å²) < 4.78 is 4.65. The molecule has 0 saturated carbocycles. The normalized spacial score (nSPS) is 20.5. The third kappa shape index (κ3) is 1.87. The number of nitrogens with one attached hydrogen (secondary N) is 1. The maximum atomic E-state index is 11.1. The fourth-order valence-corrected chi connectivity index (χ4v) is 2.01. The van der Waals surface area contributed by atoms with E-state index in [9.17, 15) is 4.79 Å². The lowest BCUT2D eigenvalue weighted by Gasteiger charge is -2.30. The van der Waals surface area contributed by atoms with Crippen LogP contribution < -0.4 is 5.32 Å². The Bertz CT molecular complexity index is 147. The van der Waals surface area contributed by atoms with Gasteiger partial charge in [-0.1, -0.05) is 0 Å². The summed E-state index contributed by atoms with van der Waals surface area (Å²) in [7, 11) is 3.23. The molecule has 0 spiro atoms. The summed E-state index contributed by atoms with van der Waals surface area (Å²) in [6.07, 6.45) is 0. The van der Waals surface area contributed by atoms with Gasteiger partial charge in [-0.15, -0.1) is 0 Å². The van der Waals surface area contributed by atoms with Gasteiger partial charge in [-0.2, -0.15) is 11.8 Å². The number of ether oxygens (including phenoxy) is 1. The minimum Gasteiger partial charge on any atom is -0.468 e. The highest BCUT2D eigenvalue weighted by Crippen LogP contribution is 2.27. The van der Waals surface area contributed by atoms with Crippen molar-refractivity contribution in [2.24, 2.45) is 5.92 Å². The number of methoxy groups -OCH3 is 1. The van der Waals surface area contributed by atoms with Crippen molar-refractivity contribution >= 4 is 17.7 Å². The molecule has 1 aliphatic rings. The fraction of sp³-hybridized carbons (Fsp3) is 0.857. The van der Waals surface area contributed by atoms with E-state index in [1.165, 1.54) is 7.11 Å². The first-order valence-electron chi connectivity index (χ1n) is 3.62. The lowest BCUT2D eigenvalue weighted by molar-refractivity contribution is -0.144. The van der Waals surface area contributed by atoms with E-state index in [1.807, 2.05) is 11.8 Å². The van der Waals surface area contributed by atoms with Crippen LogP contribution in [0.4, 0.5) is 0 Å². The Morgan fingerprint density at radius 2 is 2.36 bits per heavy atom. The molecule has 1 aliphatic heterocycles. The molecule has 0 radical (unpaired) electrons. The standard InChI is InChI=1S/C7H13NO2S/c1-8-6(7(9)10-2)5-3-11-4-5/h5-6,8H,3-4H2,1-2H3. The number of hydrogen-bond donors (Lipinski definition) is 1. The number of carbonyl (C=O) groups is 1. The summed E-state index contributed by atoms with van der Waals surface area (Å²) in [5.41, 5.74) is 0. The van der Waals surface area contributed by atoms with Crippen LogP contribution in [-0.4, -0.2) is 37.7 Å². The van der Waals surface area contributed by atoms with Crippen molar-refractivity contribution in [1.82, 2.24) is 5.32 Å². The molecule has 0 aromatic rings. The van der Waals surface area contributed by atoms with E-state index < -0.39 is 0 Å². The van der Waals surface area contributed by atoms with E-state index in [0.717, 1.165) is 11.5 Å². The Morgan fingerprint density at radius 3 is 2.64 bits per heavy atom. The Morgan fingerprint density at radius 1 is 1.73 bits per heavy atom. The highest BCUT2D eigenvalue weighted by molar-refractivity contribution is 8.00. The molecule has 3 nitrogen and oxygen atoms in total. The summed E-state index contributed by atoms with van der Waals surface area (Å²) in [6, 6.07) is -0.0961. The van der Waals surface area contributed by atoms with Gasteiger partial charge >= 0.3 is 5.97 Å². The maximum absolute atomic E-state index is 11.1. The van der Waals surface area contributed by atoms with Crippen LogP contribution in [0, 0.1) is 5.92 Å². The van der Waals surface area contributed by atoms with Gasteiger partial charge in [0.05, 0.1) is 7.11 Å². The van der Waals surface area contributed by atoms with E-state index >= 15 is 0 Å². The quantitative estimate of drug-likeness (QED) is 0.618. The first-order valence-corrected chi connectivity index (χ1v) is 4.78. The van der Waals surface area contributed by atoms with Gasteiger partial charge in [0.25, 0.3) is 0 Å². The zero-order chi connectivity index (χ0) is 8.27. The van der Waals surface area contributed by atoms with Gasteiger partial charge in [0.1, 0.15) is 6.04 Å². The average molecular weight is 175 g/mol. The second-order valence-corrected chi connectivity index (χ2v) is 3.66. The molecule has 1 saturated heterocycles. The molecular formula is C7H13NO2S. The van der Waals surface area contributed by atoms with Crippen LogP contribution in [0.1, 0.15) is 0 Å². The van der Waals surface area contributed by atoms with Crippen molar-refractivity contribution in [2.45, 2.75) is 6.04 Å². The van der Waals surface area contributed by atoms with Crippen LogP contribution >= 0.6 is 11.8 Å². The minimum absolute atomic E-state index is 0.0961. The van der Waals surface area contributed by atoms with Crippen LogP contribution in [0.5, 0.6) is 0 Å². The summed E-state index contributed by atoms with van der Waals surface area (Å²) in [5.74, 6) is 2.47. The number of hydrogen-bond acceptors (Lipinski definition) is 4. The van der Waals surface area contributed by atoms with E-state index in [4.69, 9.17) is 0 Å². The van der Waals surface area contributed by atoms with Crippen molar-refractivity contribution in [1.29, 1.82) is 0 Å². The van der Waals surface area contributed by atoms with Gasteiger partial charge in [0.15, 0.2) is 0 Å². The predicted molar refractivity (Wildman–Crippen MR) is 45.7 cm³/mol.